The van der Waals surface area contributed by atoms with Gasteiger partial charge in [-0.25, -0.2) is 9.18 Å². The highest BCUT2D eigenvalue weighted by molar-refractivity contribution is 5.97. The van der Waals surface area contributed by atoms with Crippen molar-refractivity contribution in [3.8, 4) is 0 Å². The Hall–Kier alpha value is -3.15. The molecule has 0 aromatic heterocycles. The van der Waals surface area contributed by atoms with Crippen LogP contribution in [0.15, 0.2) is 54.3 Å². The zero-order valence-corrected chi connectivity index (χ0v) is 15.9. The predicted octanol–water partition coefficient (Wildman–Crippen LogP) is 4.24. The van der Waals surface area contributed by atoms with Gasteiger partial charge < -0.3 is 14.7 Å². The Balaban J connectivity index is 1.62. The van der Waals surface area contributed by atoms with Crippen LogP contribution in [-0.2, 0) is 16.1 Å². The molecule has 0 radical (unpaired) electrons. The van der Waals surface area contributed by atoms with Crippen LogP contribution in [0.3, 0.4) is 0 Å². The van der Waals surface area contributed by atoms with Crippen LogP contribution < -0.4 is 0 Å². The fourth-order valence-electron chi connectivity index (χ4n) is 4.02. The third kappa shape index (κ3) is 4.16. The number of carboxylic acid groups (broad SMARTS) is 1. The lowest BCUT2D eigenvalue weighted by molar-refractivity contribution is -0.149. The van der Waals surface area contributed by atoms with E-state index < -0.39 is 5.97 Å². The van der Waals surface area contributed by atoms with E-state index in [-0.39, 0.29) is 35.2 Å². The lowest BCUT2D eigenvalue weighted by atomic mass is 9.89. The highest BCUT2D eigenvalue weighted by Gasteiger charge is 2.41. The van der Waals surface area contributed by atoms with Crippen molar-refractivity contribution in [2.75, 3.05) is 0 Å². The van der Waals surface area contributed by atoms with Gasteiger partial charge in [-0.05, 0) is 60.7 Å². The Kier molecular flexibility index (Phi) is 5.34. The number of nitrogens with zero attached hydrogens (tertiary/aromatic N) is 1. The first-order chi connectivity index (χ1) is 14.0. The van der Waals surface area contributed by atoms with Crippen LogP contribution in [0, 0.1) is 5.82 Å². The summed E-state index contributed by atoms with van der Waals surface area (Å²) in [4.78, 5) is 26.1. The molecule has 150 valence electrons. The number of hydrogen-bond acceptors (Lipinski definition) is 3. The van der Waals surface area contributed by atoms with Crippen molar-refractivity contribution in [3.63, 3.8) is 0 Å². The number of rotatable bonds is 4. The molecule has 2 fully saturated rings. The first-order valence-electron chi connectivity index (χ1n) is 9.78. The number of amides is 1. The molecule has 1 aliphatic heterocycles. The number of fused-ring (bicyclic) bond motifs is 1. The van der Waals surface area contributed by atoms with Crippen molar-refractivity contribution in [2.24, 2.45) is 0 Å². The number of carbonyl (C=O) groups is 2. The maximum atomic E-state index is 13.2. The van der Waals surface area contributed by atoms with Crippen molar-refractivity contribution in [1.82, 2.24) is 4.90 Å². The van der Waals surface area contributed by atoms with Crippen LogP contribution in [-0.4, -0.2) is 34.0 Å². The van der Waals surface area contributed by atoms with Gasteiger partial charge in [-0.15, -0.1) is 0 Å². The predicted molar refractivity (Wildman–Crippen MR) is 105 cm³/mol. The van der Waals surface area contributed by atoms with E-state index in [2.05, 4.69) is 0 Å². The first-order valence-corrected chi connectivity index (χ1v) is 9.78. The van der Waals surface area contributed by atoms with Crippen LogP contribution in [0.25, 0.3) is 6.08 Å². The van der Waals surface area contributed by atoms with Crippen molar-refractivity contribution in [2.45, 2.75) is 44.4 Å². The summed E-state index contributed by atoms with van der Waals surface area (Å²) < 4.78 is 19.3. The van der Waals surface area contributed by atoms with Gasteiger partial charge in [-0.3, -0.25) is 4.79 Å². The minimum Gasteiger partial charge on any atom is -0.482 e. The lowest BCUT2D eigenvalue weighted by Gasteiger charge is -2.44. The molecule has 1 aliphatic carbocycles. The van der Waals surface area contributed by atoms with Gasteiger partial charge in [0.2, 0.25) is 0 Å². The van der Waals surface area contributed by atoms with Crippen LogP contribution in [0.5, 0.6) is 0 Å². The van der Waals surface area contributed by atoms with Gasteiger partial charge in [0.25, 0.3) is 5.91 Å². The van der Waals surface area contributed by atoms with E-state index in [1.165, 1.54) is 24.3 Å². The lowest BCUT2D eigenvalue weighted by Crippen LogP contribution is -2.54. The molecule has 1 amide bonds. The minimum atomic E-state index is -0.996. The van der Waals surface area contributed by atoms with E-state index in [1.807, 2.05) is 4.90 Å². The van der Waals surface area contributed by atoms with Gasteiger partial charge in [0.05, 0.1) is 11.6 Å². The number of halogens is 1. The maximum absolute atomic E-state index is 13.2. The van der Waals surface area contributed by atoms with Gasteiger partial charge in [0.15, 0.2) is 5.76 Å². The van der Waals surface area contributed by atoms with Crippen LogP contribution in [0.1, 0.15) is 47.2 Å². The van der Waals surface area contributed by atoms with E-state index in [0.717, 1.165) is 31.2 Å². The molecule has 2 aromatic rings. The molecule has 2 aromatic carbocycles. The summed E-state index contributed by atoms with van der Waals surface area (Å²) >= 11 is 0. The average molecular weight is 395 g/mol. The second-order valence-corrected chi connectivity index (χ2v) is 7.50. The molecule has 1 heterocycles. The molecule has 2 unspecified atom stereocenters. The summed E-state index contributed by atoms with van der Waals surface area (Å²) in [6.45, 7) is 0.402. The number of hydrogen-bond donors (Lipinski definition) is 1. The molecule has 5 nitrogen and oxygen atoms in total. The van der Waals surface area contributed by atoms with E-state index in [0.29, 0.717) is 12.1 Å². The summed E-state index contributed by atoms with van der Waals surface area (Å²) in [5.41, 5.74) is 1.76. The van der Waals surface area contributed by atoms with Gasteiger partial charge in [-0.1, -0.05) is 30.7 Å². The zero-order chi connectivity index (χ0) is 20.4. The number of benzene rings is 2. The second-order valence-electron chi connectivity index (χ2n) is 7.50. The van der Waals surface area contributed by atoms with Gasteiger partial charge in [-0.2, -0.15) is 0 Å². The van der Waals surface area contributed by atoms with Crippen LogP contribution in [0.4, 0.5) is 4.39 Å². The van der Waals surface area contributed by atoms with E-state index in [4.69, 9.17) is 9.84 Å². The molecule has 2 aliphatic rings. The topological polar surface area (TPSA) is 66.8 Å². The molecular weight excluding hydrogens is 373 g/mol. The van der Waals surface area contributed by atoms with Crippen molar-refractivity contribution in [3.05, 3.63) is 76.8 Å². The van der Waals surface area contributed by atoms with E-state index >= 15 is 0 Å². The Morgan fingerprint density at radius 1 is 1.10 bits per heavy atom. The van der Waals surface area contributed by atoms with Crippen molar-refractivity contribution >= 4 is 18.0 Å². The molecule has 2 atom stereocenters. The van der Waals surface area contributed by atoms with Crippen molar-refractivity contribution in [1.29, 1.82) is 0 Å². The Morgan fingerprint density at radius 2 is 1.79 bits per heavy atom. The number of morpholine rings is 1. The SMILES string of the molecule is O=C(O)c1ccc(/C=C2/OC3CCCCC3N(Cc3ccc(F)cc3)C2=O)cc1. The van der Waals surface area contributed by atoms with Gasteiger partial charge in [0, 0.05) is 6.54 Å². The molecule has 6 heteroatoms. The number of ether oxygens (including phenoxy) is 1. The maximum Gasteiger partial charge on any atom is 0.335 e. The molecule has 0 bridgehead atoms. The highest BCUT2D eigenvalue weighted by atomic mass is 19.1. The highest BCUT2D eigenvalue weighted by Crippen LogP contribution is 2.34. The normalized spacial score (nSPS) is 22.9. The fourth-order valence-corrected chi connectivity index (χ4v) is 4.02. The van der Waals surface area contributed by atoms with E-state index in [9.17, 15) is 14.0 Å². The Bertz CT molecular complexity index is 936. The summed E-state index contributed by atoms with van der Waals surface area (Å²) in [6.07, 6.45) is 5.47. The average Bonchev–Trinajstić information content (AvgIpc) is 2.73. The van der Waals surface area contributed by atoms with Gasteiger partial charge in [0.1, 0.15) is 11.9 Å². The molecule has 0 spiro atoms. The standard InChI is InChI=1S/C23H22FNO4/c24-18-11-7-16(8-12-18)14-25-19-3-1-2-4-20(19)29-21(22(25)26)13-15-5-9-17(10-6-15)23(27)28/h5-13,19-20H,1-4,14H2,(H,27,28)/b21-13+. The molecule has 1 N–H and O–H groups in total. The zero-order valence-electron chi connectivity index (χ0n) is 15.9. The molecule has 1 saturated carbocycles. The third-order valence-corrected chi connectivity index (χ3v) is 5.54. The van der Waals surface area contributed by atoms with Gasteiger partial charge >= 0.3 is 5.97 Å². The molecule has 1 saturated heterocycles. The summed E-state index contributed by atoms with van der Waals surface area (Å²) in [7, 11) is 0. The first kappa shape index (κ1) is 19.2. The summed E-state index contributed by atoms with van der Waals surface area (Å²) in [5, 5.41) is 9.04. The number of aromatic carboxylic acids is 1. The second kappa shape index (κ2) is 8.07. The Morgan fingerprint density at radius 3 is 2.48 bits per heavy atom. The molecule has 4 rings (SSSR count). The smallest absolute Gasteiger partial charge is 0.335 e. The largest absolute Gasteiger partial charge is 0.482 e. The van der Waals surface area contributed by atoms with Crippen molar-refractivity contribution < 1.29 is 23.8 Å². The van der Waals surface area contributed by atoms with Crippen LogP contribution >= 0.6 is 0 Å². The third-order valence-electron chi connectivity index (χ3n) is 5.54. The number of carbonyl (C=O) groups excluding carboxylic acids is 1. The van der Waals surface area contributed by atoms with E-state index in [1.54, 1.807) is 30.3 Å². The van der Waals surface area contributed by atoms with Crippen LogP contribution in [0.2, 0.25) is 0 Å². The molecular formula is C23H22FNO4. The quantitative estimate of drug-likeness (QED) is 0.787. The minimum absolute atomic E-state index is 0.00726. The summed E-state index contributed by atoms with van der Waals surface area (Å²) in [6, 6.07) is 12.5. The summed E-state index contributed by atoms with van der Waals surface area (Å²) in [5.74, 6) is -1.23. The number of carboxylic acids is 1. The molecule has 29 heavy (non-hydrogen) atoms. The fraction of sp³-hybridized carbons (Fsp3) is 0.304. The monoisotopic (exact) mass is 395 g/mol. The Labute approximate surface area is 168 Å².